The minimum atomic E-state index is -4.55. The third-order valence-corrected chi connectivity index (χ3v) is 6.29. The Morgan fingerprint density at radius 2 is 1.74 bits per heavy atom. The lowest BCUT2D eigenvalue weighted by molar-refractivity contribution is -0.149. The number of nitrogens with one attached hydrogen (secondary N) is 3. The third kappa shape index (κ3) is 6.10. The first-order valence-corrected chi connectivity index (χ1v) is 12.0. The first kappa shape index (κ1) is 26.6. The Morgan fingerprint density at radius 3 is 2.39 bits per heavy atom. The molecular formula is C29H25F3N4O2. The average Bonchev–Trinajstić information content (AvgIpc) is 3.34. The van der Waals surface area contributed by atoms with E-state index in [0.29, 0.717) is 35.0 Å². The minimum absolute atomic E-state index is 0.0506. The lowest BCUT2D eigenvalue weighted by Crippen LogP contribution is -2.43. The average molecular weight is 519 g/mol. The molecule has 0 aliphatic heterocycles. The van der Waals surface area contributed by atoms with Crippen LogP contribution < -0.4 is 10.6 Å². The highest BCUT2D eigenvalue weighted by molar-refractivity contribution is 6.11. The molecule has 0 fully saturated rings. The van der Waals surface area contributed by atoms with Crippen LogP contribution in [0.4, 0.5) is 13.2 Å². The van der Waals surface area contributed by atoms with Crippen molar-refractivity contribution in [3.05, 3.63) is 107 Å². The molecule has 194 valence electrons. The zero-order chi connectivity index (χ0) is 27.3. The van der Waals surface area contributed by atoms with Crippen LogP contribution in [-0.4, -0.2) is 35.4 Å². The number of hydrogen-bond donors (Lipinski definition) is 3. The zero-order valence-corrected chi connectivity index (χ0v) is 20.5. The van der Waals surface area contributed by atoms with Gasteiger partial charge in [-0.3, -0.25) is 9.59 Å². The standard InChI is InChI=1S/C29H25F3N4O2/c1-18(29(30,31)32)36-28(38)22-11-12-23-24(17-35-25(23)15-22)27(37)26(21-5-3-2-4-6-21)34-14-13-19-7-9-20(16-33)10-8-19/h2-12,15,17-18,26,34-35H,13-14H2,1H3,(H,36,38)/t18-,26+/m1/s1. The number of hydrogen-bond acceptors (Lipinski definition) is 4. The van der Waals surface area contributed by atoms with Gasteiger partial charge in [0.2, 0.25) is 0 Å². The topological polar surface area (TPSA) is 97.8 Å². The van der Waals surface area contributed by atoms with E-state index in [1.165, 1.54) is 12.1 Å². The van der Waals surface area contributed by atoms with Crippen LogP contribution in [0, 0.1) is 11.3 Å². The number of halogens is 3. The Bertz CT molecular complexity index is 1470. The molecule has 3 N–H and O–H groups in total. The predicted octanol–water partition coefficient (Wildman–Crippen LogP) is 5.48. The number of ketones is 1. The van der Waals surface area contributed by atoms with Gasteiger partial charge in [-0.15, -0.1) is 0 Å². The summed E-state index contributed by atoms with van der Waals surface area (Å²) >= 11 is 0. The summed E-state index contributed by atoms with van der Waals surface area (Å²) in [5.41, 5.74) is 3.29. The Morgan fingerprint density at radius 1 is 1.03 bits per heavy atom. The zero-order valence-electron chi connectivity index (χ0n) is 20.5. The Kier molecular flexibility index (Phi) is 7.93. The van der Waals surface area contributed by atoms with E-state index in [0.717, 1.165) is 18.1 Å². The summed E-state index contributed by atoms with van der Waals surface area (Å²) in [6.07, 6.45) is -2.36. The summed E-state index contributed by atoms with van der Waals surface area (Å²) in [7, 11) is 0. The molecule has 38 heavy (non-hydrogen) atoms. The van der Waals surface area contributed by atoms with E-state index in [-0.39, 0.29) is 11.3 Å². The van der Waals surface area contributed by atoms with Gasteiger partial charge in [0, 0.05) is 34.8 Å². The smallest absolute Gasteiger partial charge is 0.360 e. The van der Waals surface area contributed by atoms with Gasteiger partial charge in [0.25, 0.3) is 5.91 Å². The number of Topliss-reactive ketones (excluding diaryl/α,β-unsaturated/α-hetero) is 1. The molecule has 0 radical (unpaired) electrons. The summed E-state index contributed by atoms with van der Waals surface area (Å²) in [5.74, 6) is -1.05. The molecule has 0 spiro atoms. The lowest BCUT2D eigenvalue weighted by atomic mass is 9.96. The van der Waals surface area contributed by atoms with Crippen molar-refractivity contribution in [2.75, 3.05) is 6.54 Å². The van der Waals surface area contributed by atoms with E-state index in [9.17, 15) is 22.8 Å². The second-order valence-corrected chi connectivity index (χ2v) is 8.92. The monoisotopic (exact) mass is 518 g/mol. The molecule has 0 aliphatic carbocycles. The largest absolute Gasteiger partial charge is 0.408 e. The Labute approximate surface area is 217 Å². The van der Waals surface area contributed by atoms with Crippen LogP contribution in [0.2, 0.25) is 0 Å². The molecule has 0 aliphatic rings. The molecule has 3 aromatic carbocycles. The molecule has 4 rings (SSSR count). The number of nitriles is 1. The molecule has 0 saturated carbocycles. The lowest BCUT2D eigenvalue weighted by Gasteiger charge is -2.18. The number of carbonyl (C=O) groups is 2. The Balaban J connectivity index is 1.54. The summed E-state index contributed by atoms with van der Waals surface area (Å²) in [4.78, 5) is 29.0. The Hall–Kier alpha value is -4.42. The molecule has 0 saturated heterocycles. The molecule has 0 bridgehead atoms. The number of carbonyl (C=O) groups excluding carboxylic acids is 2. The van der Waals surface area contributed by atoms with Gasteiger partial charge in [0.05, 0.1) is 17.7 Å². The van der Waals surface area contributed by atoms with Crippen molar-refractivity contribution >= 4 is 22.6 Å². The number of alkyl halides is 3. The highest BCUT2D eigenvalue weighted by Gasteiger charge is 2.37. The predicted molar refractivity (Wildman–Crippen MR) is 138 cm³/mol. The van der Waals surface area contributed by atoms with E-state index >= 15 is 0 Å². The number of benzene rings is 3. The number of fused-ring (bicyclic) bond motifs is 1. The number of aromatic amines is 1. The van der Waals surface area contributed by atoms with Crippen LogP contribution in [-0.2, 0) is 6.42 Å². The van der Waals surface area contributed by atoms with Gasteiger partial charge in [0.1, 0.15) is 6.04 Å². The van der Waals surface area contributed by atoms with Crippen LogP contribution in [0.25, 0.3) is 10.9 Å². The quantitative estimate of drug-likeness (QED) is 0.256. The van der Waals surface area contributed by atoms with Gasteiger partial charge in [-0.05, 0) is 48.7 Å². The van der Waals surface area contributed by atoms with Gasteiger partial charge in [-0.25, -0.2) is 0 Å². The van der Waals surface area contributed by atoms with Crippen molar-refractivity contribution in [2.45, 2.75) is 31.6 Å². The minimum Gasteiger partial charge on any atom is -0.360 e. The molecule has 1 heterocycles. The number of H-pyrrole nitrogens is 1. The molecule has 1 aromatic heterocycles. The summed E-state index contributed by atoms with van der Waals surface area (Å²) in [5, 5.41) is 14.8. The first-order valence-electron chi connectivity index (χ1n) is 12.0. The highest BCUT2D eigenvalue weighted by atomic mass is 19.4. The molecule has 0 unspecified atom stereocenters. The fourth-order valence-electron chi connectivity index (χ4n) is 4.10. The maximum absolute atomic E-state index is 13.7. The maximum Gasteiger partial charge on any atom is 0.408 e. The highest BCUT2D eigenvalue weighted by Crippen LogP contribution is 2.26. The van der Waals surface area contributed by atoms with E-state index in [4.69, 9.17) is 5.26 Å². The van der Waals surface area contributed by atoms with Crippen molar-refractivity contribution in [1.29, 1.82) is 5.26 Å². The maximum atomic E-state index is 13.7. The fourth-order valence-corrected chi connectivity index (χ4v) is 4.10. The van der Waals surface area contributed by atoms with Crippen LogP contribution >= 0.6 is 0 Å². The number of nitrogens with zero attached hydrogens (tertiary/aromatic N) is 1. The van der Waals surface area contributed by atoms with E-state index in [1.54, 1.807) is 24.4 Å². The van der Waals surface area contributed by atoms with Crippen molar-refractivity contribution in [1.82, 2.24) is 15.6 Å². The van der Waals surface area contributed by atoms with Crippen LogP contribution in [0.1, 0.15) is 50.4 Å². The van der Waals surface area contributed by atoms with Gasteiger partial charge in [-0.1, -0.05) is 48.5 Å². The van der Waals surface area contributed by atoms with Crippen LogP contribution in [0.3, 0.4) is 0 Å². The van der Waals surface area contributed by atoms with Gasteiger partial charge < -0.3 is 15.6 Å². The number of amides is 1. The molecule has 1 amide bonds. The van der Waals surface area contributed by atoms with Crippen molar-refractivity contribution in [2.24, 2.45) is 0 Å². The van der Waals surface area contributed by atoms with Crippen molar-refractivity contribution in [3.8, 4) is 6.07 Å². The van der Waals surface area contributed by atoms with E-state index < -0.39 is 24.2 Å². The molecule has 2 atom stereocenters. The second kappa shape index (κ2) is 11.3. The molecule has 4 aromatic rings. The molecular weight excluding hydrogens is 493 g/mol. The first-order chi connectivity index (χ1) is 18.2. The number of rotatable bonds is 9. The van der Waals surface area contributed by atoms with Gasteiger partial charge in [0.15, 0.2) is 5.78 Å². The van der Waals surface area contributed by atoms with Crippen LogP contribution in [0.5, 0.6) is 0 Å². The summed E-state index contributed by atoms with van der Waals surface area (Å²) in [6.45, 7) is 1.38. The van der Waals surface area contributed by atoms with Gasteiger partial charge >= 0.3 is 6.18 Å². The number of aromatic nitrogens is 1. The molecule has 9 heteroatoms. The van der Waals surface area contributed by atoms with Crippen LogP contribution in [0.15, 0.2) is 79.0 Å². The second-order valence-electron chi connectivity index (χ2n) is 8.92. The third-order valence-electron chi connectivity index (χ3n) is 6.29. The van der Waals surface area contributed by atoms with E-state index in [2.05, 4.69) is 16.4 Å². The molecule has 6 nitrogen and oxygen atoms in total. The SMILES string of the molecule is C[C@@H](NC(=O)c1ccc2c(C(=O)[C@@H](NCCc3ccc(C#N)cc3)c3ccccc3)c[nH]c2c1)C(F)(F)F. The van der Waals surface area contributed by atoms with Gasteiger partial charge in [-0.2, -0.15) is 18.4 Å². The van der Waals surface area contributed by atoms with Crippen molar-refractivity contribution < 1.29 is 22.8 Å². The summed E-state index contributed by atoms with van der Waals surface area (Å²) in [6, 6.07) is 20.4. The fraction of sp³-hybridized carbons (Fsp3) is 0.207. The summed E-state index contributed by atoms with van der Waals surface area (Å²) < 4.78 is 38.5. The van der Waals surface area contributed by atoms with E-state index in [1.807, 2.05) is 47.8 Å². The van der Waals surface area contributed by atoms with Crippen molar-refractivity contribution in [3.63, 3.8) is 0 Å². The normalized spacial score (nSPS) is 13.0.